The van der Waals surface area contributed by atoms with Crippen LogP contribution in [0.5, 0.6) is 11.5 Å². The predicted molar refractivity (Wildman–Crippen MR) is 115 cm³/mol. The molecule has 3 rings (SSSR count). The molecule has 148 valence electrons. The second-order valence-corrected chi connectivity index (χ2v) is 7.59. The van der Waals surface area contributed by atoms with E-state index < -0.39 is 5.97 Å². The minimum absolute atomic E-state index is 0.320. The highest BCUT2D eigenvalue weighted by atomic mass is 32.1. The quantitative estimate of drug-likeness (QED) is 0.545. The summed E-state index contributed by atoms with van der Waals surface area (Å²) in [5.74, 6) is 0.538. The van der Waals surface area contributed by atoms with Crippen LogP contribution in [0.2, 0.25) is 0 Å². The number of thiazole rings is 1. The van der Waals surface area contributed by atoms with Crippen molar-refractivity contribution in [3.8, 4) is 22.8 Å². The first-order valence-electron chi connectivity index (χ1n) is 8.35. The van der Waals surface area contributed by atoms with E-state index in [-0.39, 0.29) is 0 Å². The molecule has 1 N–H and O–H groups in total. The zero-order chi connectivity index (χ0) is 20.7. The Hall–Kier alpha value is -2.71. The van der Waals surface area contributed by atoms with Gasteiger partial charge < -0.3 is 14.6 Å². The first kappa shape index (κ1) is 21.6. The van der Waals surface area contributed by atoms with Crippen molar-refractivity contribution in [1.82, 2.24) is 4.98 Å². The van der Waals surface area contributed by atoms with Gasteiger partial charge in [-0.05, 0) is 43.8 Å². The SMILES string of the molecule is CC=Nc1cc(OC)c(OC)cc1C.Cc1nc(-c2ccsc2)c(C(=O)O)s1. The van der Waals surface area contributed by atoms with Crippen LogP contribution in [0, 0.1) is 13.8 Å². The largest absolute Gasteiger partial charge is 0.493 e. The number of aliphatic imine (C=N–C) groups is 1. The van der Waals surface area contributed by atoms with Crippen LogP contribution in [-0.2, 0) is 0 Å². The van der Waals surface area contributed by atoms with Crippen molar-refractivity contribution in [2.75, 3.05) is 14.2 Å². The molecule has 2 heterocycles. The number of thiophene rings is 1. The van der Waals surface area contributed by atoms with Gasteiger partial charge in [0.1, 0.15) is 4.88 Å². The number of methoxy groups -OCH3 is 2. The molecule has 8 heteroatoms. The molecule has 1 aromatic carbocycles. The topological polar surface area (TPSA) is 81.0 Å². The maximum atomic E-state index is 10.9. The van der Waals surface area contributed by atoms with Crippen molar-refractivity contribution < 1.29 is 19.4 Å². The van der Waals surface area contributed by atoms with Crippen LogP contribution in [0.1, 0.15) is 27.2 Å². The lowest BCUT2D eigenvalue weighted by Crippen LogP contribution is -1.94. The minimum Gasteiger partial charge on any atom is -0.493 e. The summed E-state index contributed by atoms with van der Waals surface area (Å²) in [6.07, 6.45) is 1.76. The number of hydrogen-bond acceptors (Lipinski definition) is 7. The van der Waals surface area contributed by atoms with E-state index in [1.54, 1.807) is 20.4 Å². The molecule has 0 radical (unpaired) electrons. The van der Waals surface area contributed by atoms with E-state index in [1.807, 2.05) is 49.7 Å². The summed E-state index contributed by atoms with van der Waals surface area (Å²) in [6.45, 7) is 5.69. The van der Waals surface area contributed by atoms with Crippen LogP contribution >= 0.6 is 22.7 Å². The minimum atomic E-state index is -0.906. The fraction of sp³-hybridized carbons (Fsp3) is 0.250. The van der Waals surface area contributed by atoms with E-state index in [0.29, 0.717) is 16.3 Å². The summed E-state index contributed by atoms with van der Waals surface area (Å²) < 4.78 is 10.4. The zero-order valence-corrected chi connectivity index (χ0v) is 18.0. The Labute approximate surface area is 172 Å². The predicted octanol–water partition coefficient (Wildman–Crippen LogP) is 5.61. The molecule has 3 aromatic rings. The van der Waals surface area contributed by atoms with Crippen molar-refractivity contribution in [2.24, 2.45) is 4.99 Å². The summed E-state index contributed by atoms with van der Waals surface area (Å²) in [5, 5.41) is 13.5. The summed E-state index contributed by atoms with van der Waals surface area (Å²) in [6, 6.07) is 5.67. The molecule has 0 amide bonds. The van der Waals surface area contributed by atoms with Crippen LogP contribution in [0.25, 0.3) is 11.3 Å². The fourth-order valence-electron chi connectivity index (χ4n) is 2.41. The summed E-state index contributed by atoms with van der Waals surface area (Å²) in [5.41, 5.74) is 3.45. The lowest BCUT2D eigenvalue weighted by molar-refractivity contribution is 0.0702. The van der Waals surface area contributed by atoms with E-state index in [1.165, 1.54) is 22.7 Å². The first-order chi connectivity index (χ1) is 13.4. The first-order valence-corrected chi connectivity index (χ1v) is 10.1. The van der Waals surface area contributed by atoms with Crippen LogP contribution in [0.3, 0.4) is 0 Å². The molecule has 0 bridgehead atoms. The summed E-state index contributed by atoms with van der Waals surface area (Å²) >= 11 is 2.75. The molecule has 2 aromatic heterocycles. The Morgan fingerprint density at radius 1 is 1.21 bits per heavy atom. The lowest BCUT2D eigenvalue weighted by atomic mass is 10.2. The Balaban J connectivity index is 0.000000200. The fourth-order valence-corrected chi connectivity index (χ4v) is 3.84. The molecule has 0 fully saturated rings. The molecular weight excluding hydrogens is 396 g/mol. The maximum Gasteiger partial charge on any atom is 0.348 e. The van der Waals surface area contributed by atoms with Gasteiger partial charge in [0.2, 0.25) is 0 Å². The molecule has 0 atom stereocenters. The van der Waals surface area contributed by atoms with E-state index in [2.05, 4.69) is 9.98 Å². The van der Waals surface area contributed by atoms with Crippen molar-refractivity contribution in [1.29, 1.82) is 0 Å². The third-order valence-electron chi connectivity index (χ3n) is 3.69. The molecular formula is C20H22N2O4S2. The van der Waals surface area contributed by atoms with Crippen molar-refractivity contribution in [3.63, 3.8) is 0 Å². The number of aromatic nitrogens is 1. The molecule has 0 aliphatic carbocycles. The van der Waals surface area contributed by atoms with Gasteiger partial charge in [0.25, 0.3) is 0 Å². The normalized spacial score (nSPS) is 10.5. The third-order valence-corrected chi connectivity index (χ3v) is 5.34. The number of rotatable bonds is 5. The number of benzene rings is 1. The third kappa shape index (κ3) is 5.17. The van der Waals surface area contributed by atoms with Crippen molar-refractivity contribution in [2.45, 2.75) is 20.8 Å². The highest BCUT2D eigenvalue weighted by Gasteiger charge is 2.17. The van der Waals surface area contributed by atoms with Crippen LogP contribution in [0.15, 0.2) is 34.0 Å². The summed E-state index contributed by atoms with van der Waals surface area (Å²) in [7, 11) is 3.24. The van der Waals surface area contributed by atoms with Gasteiger partial charge in [-0.1, -0.05) is 0 Å². The van der Waals surface area contributed by atoms with Crippen molar-refractivity contribution in [3.05, 3.63) is 44.4 Å². The van der Waals surface area contributed by atoms with E-state index in [0.717, 1.165) is 27.6 Å². The van der Waals surface area contributed by atoms with E-state index in [4.69, 9.17) is 14.6 Å². The van der Waals surface area contributed by atoms with Gasteiger partial charge in [0, 0.05) is 23.2 Å². The second-order valence-electron chi connectivity index (χ2n) is 5.61. The Bertz CT molecular complexity index is 963. The Morgan fingerprint density at radius 3 is 2.43 bits per heavy atom. The Morgan fingerprint density at radius 2 is 1.89 bits per heavy atom. The zero-order valence-electron chi connectivity index (χ0n) is 16.3. The number of nitrogens with zero attached hydrogens (tertiary/aromatic N) is 2. The average Bonchev–Trinajstić information content (AvgIpc) is 3.33. The summed E-state index contributed by atoms with van der Waals surface area (Å²) in [4.78, 5) is 19.7. The van der Waals surface area contributed by atoms with Crippen LogP contribution in [-0.4, -0.2) is 36.5 Å². The van der Waals surface area contributed by atoms with E-state index >= 15 is 0 Å². The molecule has 0 aliphatic heterocycles. The number of aryl methyl sites for hydroxylation is 2. The highest BCUT2D eigenvalue weighted by Crippen LogP contribution is 2.34. The molecule has 28 heavy (non-hydrogen) atoms. The van der Waals surface area contributed by atoms with E-state index in [9.17, 15) is 4.79 Å². The molecule has 0 saturated carbocycles. The molecule has 0 aliphatic rings. The molecule has 0 unspecified atom stereocenters. The highest BCUT2D eigenvalue weighted by molar-refractivity contribution is 7.14. The molecule has 0 spiro atoms. The second kappa shape index (κ2) is 10.0. The molecule has 6 nitrogen and oxygen atoms in total. The number of hydrogen-bond donors (Lipinski definition) is 1. The number of ether oxygens (including phenoxy) is 2. The van der Waals surface area contributed by atoms with Crippen LogP contribution in [0.4, 0.5) is 5.69 Å². The van der Waals surface area contributed by atoms with Gasteiger partial charge in [-0.25, -0.2) is 9.78 Å². The monoisotopic (exact) mass is 418 g/mol. The number of carboxylic acid groups (broad SMARTS) is 1. The number of carbonyl (C=O) groups is 1. The standard InChI is InChI=1S/C11H15NO2.C9H7NO2S2/c1-5-12-9-7-11(14-4)10(13-3)6-8(9)2;1-5-10-7(6-2-3-13-4-6)8(14-5)9(11)12/h5-7H,1-4H3;2-4H,1H3,(H,11,12). The van der Waals surface area contributed by atoms with Gasteiger partial charge in [0.15, 0.2) is 11.5 Å². The van der Waals surface area contributed by atoms with Crippen LogP contribution < -0.4 is 9.47 Å². The van der Waals surface area contributed by atoms with Crippen molar-refractivity contribution >= 4 is 40.5 Å². The van der Waals surface area contributed by atoms with Gasteiger partial charge in [0.05, 0.1) is 30.6 Å². The molecule has 0 saturated heterocycles. The Kier molecular flexibility index (Phi) is 7.71. The van der Waals surface area contributed by atoms with Gasteiger partial charge in [-0.3, -0.25) is 4.99 Å². The lowest BCUT2D eigenvalue weighted by Gasteiger charge is -2.09. The average molecular weight is 419 g/mol. The number of carboxylic acids is 1. The maximum absolute atomic E-state index is 10.9. The number of aromatic carboxylic acids is 1. The smallest absolute Gasteiger partial charge is 0.348 e. The van der Waals surface area contributed by atoms with Gasteiger partial charge in [-0.2, -0.15) is 11.3 Å². The van der Waals surface area contributed by atoms with Gasteiger partial charge in [-0.15, -0.1) is 11.3 Å². The van der Waals surface area contributed by atoms with Gasteiger partial charge >= 0.3 is 5.97 Å².